The molecule has 0 fully saturated rings. The number of fused-ring (bicyclic) bond motifs is 1. The minimum atomic E-state index is -1.01. The molecule has 0 unspecified atom stereocenters. The zero-order chi connectivity index (χ0) is 19.1. The molecule has 0 radical (unpaired) electrons. The number of carboxylic acid groups (broad SMARTS) is 1. The highest BCUT2D eigenvalue weighted by atomic mass is 16.7. The van der Waals surface area contributed by atoms with Crippen LogP contribution in [-0.2, 0) is 9.63 Å². The van der Waals surface area contributed by atoms with Gasteiger partial charge in [-0.15, -0.1) is 5.06 Å². The molecular formula is C19H13N3O5. The summed E-state index contributed by atoms with van der Waals surface area (Å²) in [5, 5.41) is 18.3. The van der Waals surface area contributed by atoms with E-state index in [9.17, 15) is 9.59 Å². The second-order valence-corrected chi connectivity index (χ2v) is 5.91. The fourth-order valence-corrected chi connectivity index (χ4v) is 2.71. The Morgan fingerprint density at radius 2 is 1.96 bits per heavy atom. The first-order valence-electron chi connectivity index (χ1n) is 7.96. The molecule has 0 atom stereocenters. The van der Waals surface area contributed by atoms with Crippen LogP contribution in [-0.4, -0.2) is 33.7 Å². The van der Waals surface area contributed by atoms with Gasteiger partial charge in [0.1, 0.15) is 17.3 Å². The number of nitrogens with one attached hydrogen (secondary N) is 1. The first kappa shape index (κ1) is 16.5. The van der Waals surface area contributed by atoms with Crippen LogP contribution in [0.5, 0.6) is 0 Å². The highest BCUT2D eigenvalue weighted by Crippen LogP contribution is 2.27. The highest BCUT2D eigenvalue weighted by Gasteiger charge is 2.34. The standard InChI is InChI=1S/C19H13N3O5/c1-10-8-16-21-18(23)14(17(20)22(16)27-10)9-13-6-7-15(26-13)11-2-4-12(5-3-11)19(24)25/h2-9,20H,1H3,(H,24,25). The number of nitrogens with zero attached hydrogens (tertiary/aromatic N) is 2. The van der Waals surface area contributed by atoms with Crippen molar-refractivity contribution in [2.45, 2.75) is 6.92 Å². The van der Waals surface area contributed by atoms with Crippen LogP contribution in [0.2, 0.25) is 0 Å². The molecule has 1 aromatic heterocycles. The lowest BCUT2D eigenvalue weighted by Crippen LogP contribution is -2.38. The Balaban J connectivity index is 1.61. The summed E-state index contributed by atoms with van der Waals surface area (Å²) in [6.07, 6.45) is 3.01. The largest absolute Gasteiger partial charge is 0.478 e. The van der Waals surface area contributed by atoms with Gasteiger partial charge in [0.05, 0.1) is 11.1 Å². The lowest BCUT2D eigenvalue weighted by Gasteiger charge is -2.22. The van der Waals surface area contributed by atoms with Gasteiger partial charge in [0.2, 0.25) is 0 Å². The Labute approximate surface area is 153 Å². The van der Waals surface area contributed by atoms with Crippen molar-refractivity contribution in [3.05, 3.63) is 65.1 Å². The Bertz CT molecular complexity index is 1070. The SMILES string of the molecule is CC1=CC2=NC(=O)C(=Cc3ccc(-c4ccc(C(=O)O)cc4)o3)C(=N)N2O1. The molecule has 0 aliphatic carbocycles. The molecule has 27 heavy (non-hydrogen) atoms. The normalized spacial score (nSPS) is 17.5. The summed E-state index contributed by atoms with van der Waals surface area (Å²) in [5.74, 6) is 0.00697. The maximum absolute atomic E-state index is 12.2. The number of carbonyl (C=O) groups is 2. The van der Waals surface area contributed by atoms with Crippen LogP contribution in [0.25, 0.3) is 17.4 Å². The summed E-state index contributed by atoms with van der Waals surface area (Å²) in [6.45, 7) is 1.70. The quantitative estimate of drug-likeness (QED) is 0.810. The van der Waals surface area contributed by atoms with E-state index in [0.717, 1.165) is 0 Å². The first-order chi connectivity index (χ1) is 12.9. The number of amidine groups is 2. The molecule has 4 rings (SSSR count). The van der Waals surface area contributed by atoms with Crippen molar-refractivity contribution in [3.8, 4) is 11.3 Å². The second-order valence-electron chi connectivity index (χ2n) is 5.91. The van der Waals surface area contributed by atoms with Crippen LogP contribution in [0.4, 0.5) is 0 Å². The van der Waals surface area contributed by atoms with Crippen molar-refractivity contribution in [2.24, 2.45) is 4.99 Å². The fourth-order valence-electron chi connectivity index (χ4n) is 2.71. The van der Waals surface area contributed by atoms with E-state index in [2.05, 4.69) is 4.99 Å². The third-order valence-corrected chi connectivity index (χ3v) is 4.01. The zero-order valence-corrected chi connectivity index (χ0v) is 14.1. The van der Waals surface area contributed by atoms with E-state index in [1.165, 1.54) is 23.3 Å². The number of furan rings is 1. The third-order valence-electron chi connectivity index (χ3n) is 4.01. The first-order valence-corrected chi connectivity index (χ1v) is 7.96. The van der Waals surface area contributed by atoms with E-state index in [0.29, 0.717) is 22.8 Å². The van der Waals surface area contributed by atoms with Crippen molar-refractivity contribution in [1.29, 1.82) is 5.41 Å². The number of allylic oxidation sites excluding steroid dienone is 1. The molecule has 8 heteroatoms. The predicted molar refractivity (Wildman–Crippen MR) is 95.9 cm³/mol. The number of carboxylic acids is 1. The molecule has 2 aliphatic rings. The van der Waals surface area contributed by atoms with Crippen LogP contribution in [0.15, 0.2) is 63.2 Å². The molecular weight excluding hydrogens is 350 g/mol. The minimum Gasteiger partial charge on any atom is -0.478 e. The van der Waals surface area contributed by atoms with Crippen LogP contribution >= 0.6 is 0 Å². The van der Waals surface area contributed by atoms with Crippen LogP contribution in [0.1, 0.15) is 23.0 Å². The monoisotopic (exact) mass is 363 g/mol. The Kier molecular flexibility index (Phi) is 3.73. The number of hydrogen-bond donors (Lipinski definition) is 2. The summed E-state index contributed by atoms with van der Waals surface area (Å²) >= 11 is 0. The number of aliphatic imine (C=N–C) groups is 1. The van der Waals surface area contributed by atoms with E-state index in [1.54, 1.807) is 37.3 Å². The molecule has 2 aromatic rings. The number of hydroxylamine groups is 2. The number of rotatable bonds is 3. The van der Waals surface area contributed by atoms with Crippen LogP contribution in [0, 0.1) is 5.41 Å². The zero-order valence-electron chi connectivity index (χ0n) is 14.1. The Morgan fingerprint density at radius 3 is 2.67 bits per heavy atom. The molecule has 0 saturated heterocycles. The molecule has 0 spiro atoms. The fraction of sp³-hybridized carbons (Fsp3) is 0.0526. The van der Waals surface area contributed by atoms with Gasteiger partial charge in [0.25, 0.3) is 5.91 Å². The average Bonchev–Trinajstić information content (AvgIpc) is 3.25. The van der Waals surface area contributed by atoms with Crippen LogP contribution < -0.4 is 0 Å². The van der Waals surface area contributed by atoms with Gasteiger partial charge in [-0.2, -0.15) is 4.99 Å². The van der Waals surface area contributed by atoms with Crippen molar-refractivity contribution in [1.82, 2.24) is 5.06 Å². The van der Waals surface area contributed by atoms with Crippen LogP contribution in [0.3, 0.4) is 0 Å². The van der Waals surface area contributed by atoms with E-state index in [-0.39, 0.29) is 22.8 Å². The number of benzene rings is 1. The van der Waals surface area contributed by atoms with Gasteiger partial charge in [-0.1, -0.05) is 12.1 Å². The van der Waals surface area contributed by atoms with Gasteiger partial charge >= 0.3 is 5.97 Å². The molecule has 2 N–H and O–H groups in total. The van der Waals surface area contributed by atoms with Gasteiger partial charge in [0.15, 0.2) is 11.7 Å². The van der Waals surface area contributed by atoms with Gasteiger partial charge in [-0.3, -0.25) is 10.2 Å². The van der Waals surface area contributed by atoms with Crippen molar-refractivity contribution in [2.75, 3.05) is 0 Å². The second kappa shape index (κ2) is 6.10. The van der Waals surface area contributed by atoms with Crippen molar-refractivity contribution in [3.63, 3.8) is 0 Å². The van der Waals surface area contributed by atoms with Gasteiger partial charge in [0, 0.05) is 11.6 Å². The molecule has 8 nitrogen and oxygen atoms in total. The van der Waals surface area contributed by atoms with Crippen molar-refractivity contribution >= 4 is 29.6 Å². The van der Waals surface area contributed by atoms with Gasteiger partial charge in [-0.25, -0.2) is 4.79 Å². The van der Waals surface area contributed by atoms with E-state index >= 15 is 0 Å². The van der Waals surface area contributed by atoms with E-state index in [4.69, 9.17) is 19.8 Å². The summed E-state index contributed by atoms with van der Waals surface area (Å²) in [7, 11) is 0. The Morgan fingerprint density at radius 1 is 1.22 bits per heavy atom. The third kappa shape index (κ3) is 2.93. The smallest absolute Gasteiger partial charge is 0.335 e. The highest BCUT2D eigenvalue weighted by molar-refractivity contribution is 6.32. The summed E-state index contributed by atoms with van der Waals surface area (Å²) in [5.41, 5.74) is 0.916. The molecule has 0 saturated carbocycles. The molecule has 1 amide bonds. The molecule has 0 bridgehead atoms. The van der Waals surface area contributed by atoms with E-state index in [1.807, 2.05) is 0 Å². The lowest BCUT2D eigenvalue weighted by molar-refractivity contribution is -0.114. The molecule has 2 aliphatic heterocycles. The maximum atomic E-state index is 12.2. The summed E-state index contributed by atoms with van der Waals surface area (Å²) in [6, 6.07) is 9.59. The molecule has 1 aromatic carbocycles. The average molecular weight is 363 g/mol. The predicted octanol–water partition coefficient (Wildman–Crippen LogP) is 3.10. The Hall–Kier alpha value is -3.94. The molecule has 3 heterocycles. The summed E-state index contributed by atoms with van der Waals surface area (Å²) < 4.78 is 5.71. The number of amides is 1. The van der Waals surface area contributed by atoms with Gasteiger partial charge < -0.3 is 14.4 Å². The van der Waals surface area contributed by atoms with Gasteiger partial charge in [-0.05, 0) is 37.3 Å². The van der Waals surface area contributed by atoms with E-state index < -0.39 is 11.9 Å². The lowest BCUT2D eigenvalue weighted by atomic mass is 10.1. The number of carbonyl (C=O) groups excluding carboxylic acids is 1. The number of hydrogen-bond acceptors (Lipinski definition) is 5. The van der Waals surface area contributed by atoms with Crippen molar-refractivity contribution < 1.29 is 24.0 Å². The molecule has 134 valence electrons. The minimum absolute atomic E-state index is 0.0453. The topological polar surface area (TPSA) is 116 Å². The number of aromatic carboxylic acids is 1. The maximum Gasteiger partial charge on any atom is 0.335 e. The summed E-state index contributed by atoms with van der Waals surface area (Å²) in [4.78, 5) is 32.4.